The molecule has 1 atom stereocenters. The largest absolute Gasteiger partial charge is 0.469 e. The van der Waals surface area contributed by atoms with E-state index in [1.54, 1.807) is 14.2 Å². The summed E-state index contributed by atoms with van der Waals surface area (Å²) in [6.07, 6.45) is 0. The summed E-state index contributed by atoms with van der Waals surface area (Å²) in [5.74, 6) is -0.307. The van der Waals surface area contributed by atoms with Gasteiger partial charge >= 0.3 is 5.97 Å². The Kier molecular flexibility index (Phi) is 9.18. The topological polar surface area (TPSA) is 48.0 Å². The van der Waals surface area contributed by atoms with E-state index in [1.165, 1.54) is 7.11 Å². The lowest BCUT2D eigenvalue weighted by Crippen LogP contribution is -2.36. The smallest absolute Gasteiger partial charge is 0.309 e. The first-order valence-electron chi connectivity index (χ1n) is 5.43. The number of methoxy groups -OCH3 is 3. The van der Waals surface area contributed by atoms with Crippen molar-refractivity contribution in [1.82, 2.24) is 4.90 Å². The van der Waals surface area contributed by atoms with Gasteiger partial charge in [-0.25, -0.2) is 0 Å². The maximum Gasteiger partial charge on any atom is 0.309 e. The molecule has 0 saturated heterocycles. The van der Waals surface area contributed by atoms with Crippen LogP contribution in [0.3, 0.4) is 0 Å². The molecule has 96 valence electrons. The minimum absolute atomic E-state index is 0.126. The number of esters is 1. The van der Waals surface area contributed by atoms with Crippen LogP contribution in [0.2, 0.25) is 0 Å². The fourth-order valence-electron chi connectivity index (χ4n) is 1.40. The molecule has 0 aromatic carbocycles. The molecule has 0 aliphatic carbocycles. The highest BCUT2D eigenvalue weighted by molar-refractivity contribution is 5.72. The van der Waals surface area contributed by atoms with Gasteiger partial charge in [-0.3, -0.25) is 9.69 Å². The molecule has 0 rings (SSSR count). The quantitative estimate of drug-likeness (QED) is 0.539. The number of carbonyl (C=O) groups is 1. The van der Waals surface area contributed by atoms with Gasteiger partial charge in [-0.05, 0) is 0 Å². The van der Waals surface area contributed by atoms with Crippen molar-refractivity contribution >= 4 is 5.97 Å². The van der Waals surface area contributed by atoms with Crippen LogP contribution in [0.5, 0.6) is 0 Å². The average Bonchev–Trinajstić information content (AvgIpc) is 2.31. The molecule has 0 radical (unpaired) electrons. The van der Waals surface area contributed by atoms with E-state index in [9.17, 15) is 4.79 Å². The monoisotopic (exact) mass is 233 g/mol. The van der Waals surface area contributed by atoms with Crippen molar-refractivity contribution in [3.8, 4) is 0 Å². The van der Waals surface area contributed by atoms with Crippen molar-refractivity contribution in [2.24, 2.45) is 5.92 Å². The molecule has 0 N–H and O–H groups in total. The first-order valence-corrected chi connectivity index (χ1v) is 5.43. The second kappa shape index (κ2) is 9.57. The van der Waals surface area contributed by atoms with E-state index in [0.29, 0.717) is 19.8 Å². The molecule has 0 aromatic rings. The van der Waals surface area contributed by atoms with Crippen molar-refractivity contribution in [2.75, 3.05) is 54.2 Å². The van der Waals surface area contributed by atoms with Crippen LogP contribution < -0.4 is 0 Å². The first kappa shape index (κ1) is 15.3. The van der Waals surface area contributed by atoms with Crippen molar-refractivity contribution in [2.45, 2.75) is 6.92 Å². The van der Waals surface area contributed by atoms with Gasteiger partial charge in [0.2, 0.25) is 0 Å². The van der Waals surface area contributed by atoms with E-state index in [0.717, 1.165) is 13.1 Å². The van der Waals surface area contributed by atoms with Crippen LogP contribution >= 0.6 is 0 Å². The second-order valence-corrected chi connectivity index (χ2v) is 3.71. The number of rotatable bonds is 9. The Hall–Kier alpha value is -0.650. The first-order chi connectivity index (χ1) is 7.65. The van der Waals surface area contributed by atoms with Crippen LogP contribution in [-0.2, 0) is 19.0 Å². The minimum Gasteiger partial charge on any atom is -0.469 e. The summed E-state index contributed by atoms with van der Waals surface area (Å²) in [7, 11) is 4.74. The van der Waals surface area contributed by atoms with Crippen LogP contribution in [0.15, 0.2) is 0 Å². The third-order valence-corrected chi connectivity index (χ3v) is 2.36. The number of nitrogens with zero attached hydrogens (tertiary/aromatic N) is 1. The molecule has 0 aliphatic heterocycles. The van der Waals surface area contributed by atoms with Gasteiger partial charge in [0.25, 0.3) is 0 Å². The highest BCUT2D eigenvalue weighted by Crippen LogP contribution is 2.02. The predicted molar refractivity (Wildman–Crippen MR) is 61.4 cm³/mol. The molecule has 5 heteroatoms. The molecule has 16 heavy (non-hydrogen) atoms. The molecule has 0 bridgehead atoms. The van der Waals surface area contributed by atoms with Crippen molar-refractivity contribution in [3.05, 3.63) is 0 Å². The molecule has 0 aromatic heterocycles. The zero-order valence-electron chi connectivity index (χ0n) is 10.7. The van der Waals surface area contributed by atoms with Crippen LogP contribution in [0.25, 0.3) is 0 Å². The molecule has 0 fully saturated rings. The fourth-order valence-corrected chi connectivity index (χ4v) is 1.40. The van der Waals surface area contributed by atoms with Gasteiger partial charge < -0.3 is 14.2 Å². The third-order valence-electron chi connectivity index (χ3n) is 2.36. The minimum atomic E-state index is -0.181. The predicted octanol–water partition coefficient (Wildman–Crippen LogP) is 0.390. The molecular weight excluding hydrogens is 210 g/mol. The van der Waals surface area contributed by atoms with Gasteiger partial charge in [0.1, 0.15) is 0 Å². The highest BCUT2D eigenvalue weighted by atomic mass is 16.5. The van der Waals surface area contributed by atoms with E-state index in [1.807, 2.05) is 6.92 Å². The molecule has 0 saturated carbocycles. The summed E-state index contributed by atoms with van der Waals surface area (Å²) >= 11 is 0. The van der Waals surface area contributed by atoms with Gasteiger partial charge in [0.05, 0.1) is 26.2 Å². The number of hydrogen-bond donors (Lipinski definition) is 0. The Morgan fingerprint density at radius 1 is 1.12 bits per heavy atom. The van der Waals surface area contributed by atoms with Crippen LogP contribution in [-0.4, -0.2) is 65.0 Å². The van der Waals surface area contributed by atoms with E-state index in [-0.39, 0.29) is 11.9 Å². The lowest BCUT2D eigenvalue weighted by Gasteiger charge is -2.23. The SMILES string of the molecule is COCCN(CCOC)CC(C)C(=O)OC. The van der Waals surface area contributed by atoms with Crippen LogP contribution in [0.4, 0.5) is 0 Å². The summed E-state index contributed by atoms with van der Waals surface area (Å²) < 4.78 is 14.7. The van der Waals surface area contributed by atoms with E-state index in [2.05, 4.69) is 4.90 Å². The molecule has 5 nitrogen and oxygen atoms in total. The van der Waals surface area contributed by atoms with Gasteiger partial charge in [0.15, 0.2) is 0 Å². The third kappa shape index (κ3) is 6.76. The Balaban J connectivity index is 4.01. The average molecular weight is 233 g/mol. The molecule has 1 unspecified atom stereocenters. The van der Waals surface area contributed by atoms with Gasteiger partial charge in [0, 0.05) is 33.9 Å². The summed E-state index contributed by atoms with van der Waals surface area (Å²) in [6, 6.07) is 0. The van der Waals surface area contributed by atoms with E-state index >= 15 is 0 Å². The molecule has 0 heterocycles. The maximum atomic E-state index is 11.3. The second-order valence-electron chi connectivity index (χ2n) is 3.71. The standard InChI is InChI=1S/C11H23NO4/c1-10(11(13)16-4)9-12(5-7-14-2)6-8-15-3/h10H,5-9H2,1-4H3. The molecular formula is C11H23NO4. The lowest BCUT2D eigenvalue weighted by molar-refractivity contribution is -0.145. The zero-order valence-corrected chi connectivity index (χ0v) is 10.7. The number of hydrogen-bond acceptors (Lipinski definition) is 5. The van der Waals surface area contributed by atoms with E-state index in [4.69, 9.17) is 14.2 Å². The molecule has 0 spiro atoms. The van der Waals surface area contributed by atoms with Crippen molar-refractivity contribution in [1.29, 1.82) is 0 Å². The van der Waals surface area contributed by atoms with Crippen LogP contribution in [0, 0.1) is 5.92 Å². The maximum absolute atomic E-state index is 11.3. The summed E-state index contributed by atoms with van der Waals surface area (Å²) in [5, 5.41) is 0. The number of carbonyl (C=O) groups excluding carboxylic acids is 1. The van der Waals surface area contributed by atoms with Crippen molar-refractivity contribution in [3.63, 3.8) is 0 Å². The zero-order chi connectivity index (χ0) is 12.4. The van der Waals surface area contributed by atoms with Crippen LogP contribution in [0.1, 0.15) is 6.92 Å². The highest BCUT2D eigenvalue weighted by Gasteiger charge is 2.17. The summed E-state index contributed by atoms with van der Waals surface area (Å²) in [5.41, 5.74) is 0. The Morgan fingerprint density at radius 3 is 2.00 bits per heavy atom. The lowest BCUT2D eigenvalue weighted by atomic mass is 10.1. The Bertz CT molecular complexity index is 179. The fraction of sp³-hybridized carbons (Fsp3) is 0.909. The van der Waals surface area contributed by atoms with Gasteiger partial charge in [-0.1, -0.05) is 6.92 Å². The van der Waals surface area contributed by atoms with Gasteiger partial charge in [-0.15, -0.1) is 0 Å². The normalized spacial score (nSPS) is 12.8. The summed E-state index contributed by atoms with van der Waals surface area (Å²) in [6.45, 7) is 5.41. The van der Waals surface area contributed by atoms with E-state index < -0.39 is 0 Å². The molecule has 0 aliphatic rings. The number of ether oxygens (including phenoxy) is 3. The van der Waals surface area contributed by atoms with Gasteiger partial charge in [-0.2, -0.15) is 0 Å². The Labute approximate surface area is 97.7 Å². The Morgan fingerprint density at radius 2 is 1.62 bits per heavy atom. The summed E-state index contributed by atoms with van der Waals surface area (Å²) in [4.78, 5) is 13.4. The molecule has 0 amide bonds. The van der Waals surface area contributed by atoms with Crippen molar-refractivity contribution < 1.29 is 19.0 Å².